The molecule has 5 rings (SSSR count). The number of fused-ring (bicyclic) bond motifs is 2. The van der Waals surface area contributed by atoms with Gasteiger partial charge in [-0.1, -0.05) is 13.0 Å². The number of pyridine rings is 2. The minimum Gasteiger partial charge on any atom is -0.486 e. The monoisotopic (exact) mass is 503 g/mol. The molecule has 0 spiro atoms. The molecular weight excluding hydrogens is 470 g/mol. The van der Waals surface area contributed by atoms with Gasteiger partial charge in [0.25, 0.3) is 0 Å². The summed E-state index contributed by atoms with van der Waals surface area (Å²) in [4.78, 5) is 35.1. The average molecular weight is 504 g/mol. The highest BCUT2D eigenvalue weighted by atomic mass is 16.6. The summed E-state index contributed by atoms with van der Waals surface area (Å²) in [6.07, 6.45) is 1.71. The van der Waals surface area contributed by atoms with Crippen LogP contribution in [0.3, 0.4) is 0 Å². The van der Waals surface area contributed by atoms with Crippen molar-refractivity contribution in [2.24, 2.45) is 5.73 Å². The van der Waals surface area contributed by atoms with E-state index in [4.69, 9.17) is 20.2 Å². The van der Waals surface area contributed by atoms with E-state index in [-0.39, 0.29) is 23.9 Å². The molecule has 0 aliphatic carbocycles. The molecule has 1 aromatic carbocycles. The van der Waals surface area contributed by atoms with Gasteiger partial charge in [-0.2, -0.15) is 0 Å². The van der Waals surface area contributed by atoms with Crippen LogP contribution >= 0.6 is 0 Å². The quantitative estimate of drug-likeness (QED) is 0.497. The summed E-state index contributed by atoms with van der Waals surface area (Å²) in [5, 5.41) is 5.05. The first-order chi connectivity index (χ1) is 17.3. The van der Waals surface area contributed by atoms with E-state index in [1.165, 1.54) is 0 Å². The maximum Gasteiger partial charge on any atom is 0.340 e. The molecule has 3 N–H and O–H groups in total. The van der Waals surface area contributed by atoms with Gasteiger partial charge in [0.2, 0.25) is 5.91 Å². The molecule has 1 atom stereocenters. The van der Waals surface area contributed by atoms with Crippen LogP contribution in [0.2, 0.25) is 0 Å². The first-order valence-corrected chi connectivity index (χ1v) is 12.5. The number of cyclic esters (lactones) is 1. The van der Waals surface area contributed by atoms with Crippen molar-refractivity contribution in [1.29, 1.82) is 0 Å². The number of esters is 1. The molecule has 4 heterocycles. The topological polar surface area (TPSA) is 120 Å². The smallest absolute Gasteiger partial charge is 0.340 e. The molecule has 37 heavy (non-hydrogen) atoms. The summed E-state index contributed by atoms with van der Waals surface area (Å²) in [5.41, 5.74) is 7.42. The van der Waals surface area contributed by atoms with Gasteiger partial charge in [0.15, 0.2) is 0 Å². The van der Waals surface area contributed by atoms with Crippen LogP contribution < -0.4 is 15.8 Å². The van der Waals surface area contributed by atoms with Crippen LogP contribution in [0, 0.1) is 0 Å². The molecule has 3 aromatic rings. The van der Waals surface area contributed by atoms with Crippen molar-refractivity contribution in [3.63, 3.8) is 0 Å². The van der Waals surface area contributed by atoms with E-state index in [2.05, 4.69) is 10.3 Å². The van der Waals surface area contributed by atoms with Gasteiger partial charge in [-0.15, -0.1) is 0 Å². The number of hydrogen-bond donors (Lipinski definition) is 2. The normalized spacial score (nSPS) is 19.2. The molecule has 0 bridgehead atoms. The Labute approximate surface area is 216 Å². The Bertz CT molecular complexity index is 1410. The number of benzene rings is 1. The molecular formula is C28H33N5O4. The molecule has 9 nitrogen and oxygen atoms in total. The number of nitrogens with one attached hydrogen (secondary N) is 1. The summed E-state index contributed by atoms with van der Waals surface area (Å²) in [5.74, 6) is 1.51. The highest BCUT2D eigenvalue weighted by molar-refractivity contribution is 5.94. The molecule has 2 aliphatic heterocycles. The van der Waals surface area contributed by atoms with Gasteiger partial charge >= 0.3 is 5.97 Å². The number of amides is 1. The predicted octanol–water partition coefficient (Wildman–Crippen LogP) is 4.23. The van der Waals surface area contributed by atoms with E-state index in [9.17, 15) is 9.59 Å². The van der Waals surface area contributed by atoms with E-state index in [1.807, 2.05) is 52.8 Å². The zero-order valence-electron chi connectivity index (χ0n) is 22.1. The molecule has 0 radical (unpaired) electrons. The first-order valence-electron chi connectivity index (χ1n) is 12.5. The first kappa shape index (κ1) is 25.0. The van der Waals surface area contributed by atoms with Gasteiger partial charge < -0.3 is 25.4 Å². The maximum absolute atomic E-state index is 12.4. The molecule has 2 aromatic heterocycles. The average Bonchev–Trinajstić information content (AvgIpc) is 2.78. The van der Waals surface area contributed by atoms with Crippen LogP contribution in [-0.4, -0.2) is 51.5 Å². The van der Waals surface area contributed by atoms with Crippen LogP contribution in [0.1, 0.15) is 69.1 Å². The van der Waals surface area contributed by atoms with Crippen LogP contribution in [0.15, 0.2) is 36.5 Å². The number of likely N-dealkylation sites (tertiary alicyclic amines) is 1. The van der Waals surface area contributed by atoms with Crippen LogP contribution in [0.4, 0.5) is 11.6 Å². The summed E-state index contributed by atoms with van der Waals surface area (Å²) in [6.45, 7) is 12.4. The number of aromatic nitrogens is 2. The molecule has 1 fully saturated rings. The summed E-state index contributed by atoms with van der Waals surface area (Å²) < 4.78 is 11.8. The predicted molar refractivity (Wildman–Crippen MR) is 141 cm³/mol. The second kappa shape index (κ2) is 8.69. The molecule has 0 saturated carbocycles. The minimum absolute atomic E-state index is 0.0490. The number of anilines is 2. The van der Waals surface area contributed by atoms with Crippen molar-refractivity contribution in [2.75, 3.05) is 18.4 Å². The number of carbonyl (C=O) groups excluding carboxylic acids is 2. The van der Waals surface area contributed by atoms with Gasteiger partial charge in [-0.05, 0) is 62.9 Å². The van der Waals surface area contributed by atoms with Crippen molar-refractivity contribution >= 4 is 34.3 Å². The van der Waals surface area contributed by atoms with Crippen molar-refractivity contribution in [3.8, 4) is 5.75 Å². The number of nitrogens with two attached hydrogens (primary N) is 1. The number of carbonyl (C=O) groups is 2. The standard InChI is InChI=1S/C28H33N5O4/c1-15-25-18(26(35)37-28(15,5)6)7-10-23(32-25)31-24-11-19-20(12-30-24)22(9-8-21(19)27(3,4)29)36-17-13-33(14-17)16(2)34/h7-12,15,17H,13-14,29H2,1-6H3,(H,30,31,32). The van der Waals surface area contributed by atoms with Gasteiger partial charge in [-0.25, -0.2) is 14.8 Å². The third-order valence-corrected chi connectivity index (χ3v) is 7.35. The lowest BCUT2D eigenvalue weighted by Gasteiger charge is -2.38. The lowest BCUT2D eigenvalue weighted by molar-refractivity contribution is -0.137. The summed E-state index contributed by atoms with van der Waals surface area (Å²) in [6, 6.07) is 9.34. The van der Waals surface area contributed by atoms with Gasteiger partial charge in [-0.3, -0.25) is 4.79 Å². The zero-order chi connectivity index (χ0) is 26.7. The Morgan fingerprint density at radius 2 is 1.92 bits per heavy atom. The highest BCUT2D eigenvalue weighted by Gasteiger charge is 2.40. The van der Waals surface area contributed by atoms with Crippen molar-refractivity contribution in [2.45, 2.75) is 64.7 Å². The summed E-state index contributed by atoms with van der Waals surface area (Å²) in [7, 11) is 0. The van der Waals surface area contributed by atoms with Crippen LogP contribution in [0.5, 0.6) is 5.75 Å². The fourth-order valence-corrected chi connectivity index (χ4v) is 4.79. The fraction of sp³-hybridized carbons (Fsp3) is 0.429. The Balaban J connectivity index is 1.48. The van der Waals surface area contributed by atoms with E-state index in [1.54, 1.807) is 30.2 Å². The molecule has 1 saturated heterocycles. The summed E-state index contributed by atoms with van der Waals surface area (Å²) >= 11 is 0. The van der Waals surface area contributed by atoms with Crippen molar-refractivity contribution in [3.05, 3.63) is 53.3 Å². The number of nitrogens with zero attached hydrogens (tertiary/aromatic N) is 3. The second-order valence-electron chi connectivity index (χ2n) is 11.1. The largest absolute Gasteiger partial charge is 0.486 e. The van der Waals surface area contributed by atoms with E-state index in [0.29, 0.717) is 41.7 Å². The number of hydrogen-bond acceptors (Lipinski definition) is 8. The van der Waals surface area contributed by atoms with Crippen molar-refractivity contribution in [1.82, 2.24) is 14.9 Å². The molecule has 1 unspecified atom stereocenters. The highest BCUT2D eigenvalue weighted by Crippen LogP contribution is 2.39. The minimum atomic E-state index is -0.642. The fourth-order valence-electron chi connectivity index (χ4n) is 4.79. The van der Waals surface area contributed by atoms with E-state index < -0.39 is 11.1 Å². The Morgan fingerprint density at radius 1 is 1.19 bits per heavy atom. The number of ether oxygens (including phenoxy) is 2. The van der Waals surface area contributed by atoms with Gasteiger partial charge in [0.05, 0.1) is 24.3 Å². The Morgan fingerprint density at radius 3 is 2.59 bits per heavy atom. The van der Waals surface area contributed by atoms with Crippen molar-refractivity contribution < 1.29 is 19.1 Å². The lowest BCUT2D eigenvalue weighted by atomic mass is 9.84. The molecule has 194 valence electrons. The zero-order valence-corrected chi connectivity index (χ0v) is 22.1. The third-order valence-electron chi connectivity index (χ3n) is 7.35. The lowest BCUT2D eigenvalue weighted by Crippen LogP contribution is -2.55. The van der Waals surface area contributed by atoms with E-state index >= 15 is 0 Å². The Kier molecular flexibility index (Phi) is 5.86. The van der Waals surface area contributed by atoms with Crippen LogP contribution in [0.25, 0.3) is 10.8 Å². The molecule has 9 heteroatoms. The second-order valence-corrected chi connectivity index (χ2v) is 11.1. The maximum atomic E-state index is 12.4. The van der Waals surface area contributed by atoms with Crippen LogP contribution in [-0.2, 0) is 15.1 Å². The molecule has 1 amide bonds. The van der Waals surface area contributed by atoms with Gasteiger partial charge in [0.1, 0.15) is 29.1 Å². The van der Waals surface area contributed by atoms with E-state index in [0.717, 1.165) is 16.3 Å². The third kappa shape index (κ3) is 4.59. The molecule has 2 aliphatic rings. The Hall–Kier alpha value is -3.72. The number of rotatable bonds is 5. The van der Waals surface area contributed by atoms with Gasteiger partial charge in [0, 0.05) is 30.0 Å². The SMILES string of the molecule is CC(=O)N1CC(Oc2ccc(C(C)(C)N)c3cc(Nc4ccc5c(n4)C(C)C(C)(C)OC5=O)ncc23)C1.